The fourth-order valence-corrected chi connectivity index (χ4v) is 3.32. The molecule has 6 nitrogen and oxygen atoms in total. The van der Waals surface area contributed by atoms with E-state index in [0.29, 0.717) is 19.4 Å². The highest BCUT2D eigenvalue weighted by molar-refractivity contribution is 5.95. The lowest BCUT2D eigenvalue weighted by Gasteiger charge is -2.30. The zero-order valence-electron chi connectivity index (χ0n) is 14.2. The second kappa shape index (κ2) is 8.34. The van der Waals surface area contributed by atoms with Gasteiger partial charge in [-0.3, -0.25) is 9.69 Å². The molecule has 0 aromatic carbocycles. The first-order valence-corrected chi connectivity index (χ1v) is 8.46. The zero-order chi connectivity index (χ0) is 16.8. The molecule has 0 spiro atoms. The Balaban J connectivity index is 1.90. The molecule has 2 aliphatic rings. The number of rotatable bonds is 6. The summed E-state index contributed by atoms with van der Waals surface area (Å²) in [5, 5.41) is 0. The average Bonchev–Trinajstić information content (AvgIpc) is 2.95. The molecule has 130 valence electrons. The minimum atomic E-state index is -0.347. The van der Waals surface area contributed by atoms with Crippen LogP contribution >= 0.6 is 0 Å². The lowest BCUT2D eigenvalue weighted by molar-refractivity contribution is -0.119. The predicted molar refractivity (Wildman–Crippen MR) is 84.8 cm³/mol. The number of methoxy groups -OCH3 is 1. The maximum Gasteiger partial charge on any atom is 0.411 e. The highest BCUT2D eigenvalue weighted by Gasteiger charge is 2.38. The summed E-state index contributed by atoms with van der Waals surface area (Å²) in [4.78, 5) is 25.7. The molecule has 1 amide bonds. The molecule has 2 aliphatic heterocycles. The van der Waals surface area contributed by atoms with Crippen LogP contribution in [0.4, 0.5) is 4.79 Å². The summed E-state index contributed by atoms with van der Waals surface area (Å²) in [6, 6.07) is 0.0780. The topological polar surface area (TPSA) is 65.1 Å². The van der Waals surface area contributed by atoms with Crippen LogP contribution in [0.5, 0.6) is 0 Å². The Hall–Kier alpha value is -1.56. The SMILES string of the molecule is CCOC1CC[C@H](CCC2CC(=O)C(CC)=CO2)N1C(=O)OC. The predicted octanol–water partition coefficient (Wildman–Crippen LogP) is 3.01. The number of likely N-dealkylation sites (tertiary alicyclic amines) is 1. The van der Waals surface area contributed by atoms with Crippen molar-refractivity contribution < 1.29 is 23.8 Å². The third-order valence-electron chi connectivity index (χ3n) is 4.57. The smallest absolute Gasteiger partial charge is 0.411 e. The Kier molecular flexibility index (Phi) is 6.45. The first-order valence-electron chi connectivity index (χ1n) is 8.46. The van der Waals surface area contributed by atoms with E-state index >= 15 is 0 Å². The molecule has 0 N–H and O–H groups in total. The van der Waals surface area contributed by atoms with Gasteiger partial charge in [-0.1, -0.05) is 6.92 Å². The lowest BCUT2D eigenvalue weighted by atomic mass is 9.97. The highest BCUT2D eigenvalue weighted by atomic mass is 16.6. The van der Waals surface area contributed by atoms with Crippen molar-refractivity contribution in [2.75, 3.05) is 13.7 Å². The van der Waals surface area contributed by atoms with Gasteiger partial charge in [0, 0.05) is 24.6 Å². The molecule has 1 fully saturated rings. The number of carbonyl (C=O) groups excluding carboxylic acids is 2. The minimum absolute atomic E-state index is 0.0780. The van der Waals surface area contributed by atoms with Gasteiger partial charge in [-0.25, -0.2) is 4.79 Å². The van der Waals surface area contributed by atoms with Gasteiger partial charge in [-0.2, -0.15) is 0 Å². The minimum Gasteiger partial charge on any atom is -0.497 e. The molecule has 0 saturated carbocycles. The molecular weight excluding hydrogens is 298 g/mol. The Morgan fingerprint density at radius 3 is 2.74 bits per heavy atom. The molecule has 2 rings (SSSR count). The van der Waals surface area contributed by atoms with Crippen LogP contribution in [0.3, 0.4) is 0 Å². The molecule has 3 atom stereocenters. The van der Waals surface area contributed by atoms with Crippen LogP contribution in [0.1, 0.15) is 52.4 Å². The van der Waals surface area contributed by atoms with Gasteiger partial charge in [-0.05, 0) is 39.0 Å². The van der Waals surface area contributed by atoms with Crippen LogP contribution in [0.15, 0.2) is 11.8 Å². The largest absolute Gasteiger partial charge is 0.497 e. The molecule has 2 unspecified atom stereocenters. The lowest BCUT2D eigenvalue weighted by Crippen LogP contribution is -2.42. The Labute approximate surface area is 137 Å². The second-order valence-electron chi connectivity index (χ2n) is 5.98. The second-order valence-corrected chi connectivity index (χ2v) is 5.98. The van der Waals surface area contributed by atoms with Crippen LogP contribution in [0.2, 0.25) is 0 Å². The summed E-state index contributed by atoms with van der Waals surface area (Å²) in [6.07, 6.45) is 5.32. The highest BCUT2D eigenvalue weighted by Crippen LogP contribution is 2.30. The standard InChI is InChI=1S/C17H27NO5/c1-4-12-11-23-14(10-15(12)19)8-6-13-7-9-16(22-5-2)18(13)17(20)21-3/h11,13-14,16H,4-10H2,1-3H3/t13-,14?,16?/m0/s1. The maximum absolute atomic E-state index is 12.0. The molecule has 6 heteroatoms. The van der Waals surface area contributed by atoms with E-state index in [1.807, 2.05) is 13.8 Å². The van der Waals surface area contributed by atoms with Gasteiger partial charge in [0.25, 0.3) is 0 Å². The Bertz CT molecular complexity index is 462. The molecule has 1 saturated heterocycles. The number of carbonyl (C=O) groups is 2. The molecule has 0 aromatic heterocycles. The van der Waals surface area contributed by atoms with E-state index in [-0.39, 0.29) is 30.3 Å². The van der Waals surface area contributed by atoms with Crippen molar-refractivity contribution in [3.8, 4) is 0 Å². The van der Waals surface area contributed by atoms with Crippen LogP contribution in [-0.4, -0.2) is 48.9 Å². The summed E-state index contributed by atoms with van der Waals surface area (Å²) in [5.74, 6) is 0.173. The Morgan fingerprint density at radius 1 is 1.35 bits per heavy atom. The van der Waals surface area contributed by atoms with Crippen molar-refractivity contribution in [1.82, 2.24) is 4.90 Å². The van der Waals surface area contributed by atoms with Gasteiger partial charge >= 0.3 is 6.09 Å². The molecule has 0 aliphatic carbocycles. The number of allylic oxidation sites excluding steroid dienone is 1. The normalized spacial score (nSPS) is 27.6. The fourth-order valence-electron chi connectivity index (χ4n) is 3.32. The first kappa shape index (κ1) is 17.8. The third kappa shape index (κ3) is 4.25. The summed E-state index contributed by atoms with van der Waals surface area (Å²) in [5.41, 5.74) is 0.759. The van der Waals surface area contributed by atoms with Crippen molar-refractivity contribution >= 4 is 11.9 Å². The van der Waals surface area contributed by atoms with E-state index in [9.17, 15) is 9.59 Å². The van der Waals surface area contributed by atoms with Gasteiger partial charge < -0.3 is 14.2 Å². The van der Waals surface area contributed by atoms with Crippen molar-refractivity contribution in [2.45, 2.75) is 70.7 Å². The van der Waals surface area contributed by atoms with Crippen LogP contribution in [0, 0.1) is 0 Å². The van der Waals surface area contributed by atoms with E-state index in [1.54, 1.807) is 11.2 Å². The Morgan fingerprint density at radius 2 is 2.13 bits per heavy atom. The fraction of sp³-hybridized carbons (Fsp3) is 0.765. The number of hydrogen-bond donors (Lipinski definition) is 0. The van der Waals surface area contributed by atoms with Crippen LogP contribution in [-0.2, 0) is 19.0 Å². The quantitative estimate of drug-likeness (QED) is 0.751. The summed E-state index contributed by atoms with van der Waals surface area (Å²) < 4.78 is 16.2. The van der Waals surface area contributed by atoms with E-state index in [4.69, 9.17) is 14.2 Å². The van der Waals surface area contributed by atoms with Gasteiger partial charge in [-0.15, -0.1) is 0 Å². The summed E-state index contributed by atoms with van der Waals surface area (Å²) >= 11 is 0. The third-order valence-corrected chi connectivity index (χ3v) is 4.57. The molecule has 2 heterocycles. The van der Waals surface area contributed by atoms with E-state index in [1.165, 1.54) is 7.11 Å². The van der Waals surface area contributed by atoms with E-state index in [0.717, 1.165) is 31.3 Å². The van der Waals surface area contributed by atoms with Crippen molar-refractivity contribution in [2.24, 2.45) is 0 Å². The summed E-state index contributed by atoms with van der Waals surface area (Å²) in [6.45, 7) is 4.44. The number of ether oxygens (including phenoxy) is 3. The van der Waals surface area contributed by atoms with E-state index < -0.39 is 0 Å². The molecular formula is C17H27NO5. The monoisotopic (exact) mass is 325 g/mol. The molecule has 23 heavy (non-hydrogen) atoms. The van der Waals surface area contributed by atoms with Gasteiger partial charge in [0.15, 0.2) is 5.78 Å². The zero-order valence-corrected chi connectivity index (χ0v) is 14.2. The van der Waals surface area contributed by atoms with Gasteiger partial charge in [0.05, 0.1) is 13.4 Å². The van der Waals surface area contributed by atoms with E-state index in [2.05, 4.69) is 0 Å². The molecule has 0 bridgehead atoms. The number of amides is 1. The number of ketones is 1. The number of hydrogen-bond acceptors (Lipinski definition) is 5. The van der Waals surface area contributed by atoms with Crippen molar-refractivity contribution in [1.29, 1.82) is 0 Å². The van der Waals surface area contributed by atoms with Crippen molar-refractivity contribution in [3.63, 3.8) is 0 Å². The molecule has 0 aromatic rings. The van der Waals surface area contributed by atoms with Gasteiger partial charge in [0.2, 0.25) is 0 Å². The van der Waals surface area contributed by atoms with Crippen molar-refractivity contribution in [3.05, 3.63) is 11.8 Å². The van der Waals surface area contributed by atoms with Crippen LogP contribution in [0.25, 0.3) is 0 Å². The first-order chi connectivity index (χ1) is 11.1. The summed E-state index contributed by atoms with van der Waals surface area (Å²) in [7, 11) is 1.39. The number of Topliss-reactive ketones (excluding diaryl/α,β-unsaturated/α-hetero) is 1. The maximum atomic E-state index is 12.0. The average molecular weight is 325 g/mol. The number of nitrogens with zero attached hydrogens (tertiary/aromatic N) is 1. The van der Waals surface area contributed by atoms with Crippen LogP contribution < -0.4 is 0 Å². The molecule has 0 radical (unpaired) electrons. The van der Waals surface area contributed by atoms with Gasteiger partial charge in [0.1, 0.15) is 12.3 Å².